The molecule has 0 spiro atoms. The average molecular weight is 224 g/mol. The van der Waals surface area contributed by atoms with Crippen molar-refractivity contribution < 1.29 is 14.2 Å². The summed E-state index contributed by atoms with van der Waals surface area (Å²) in [7, 11) is 0. The maximum Gasteiger partial charge on any atom is 0.126 e. The molecule has 1 aliphatic rings. The van der Waals surface area contributed by atoms with E-state index in [1.165, 1.54) is 6.07 Å². The molecule has 1 aromatic carbocycles. The molecule has 1 fully saturated rings. The second-order valence-corrected chi connectivity index (χ2v) is 4.48. The minimum absolute atomic E-state index is 0.0698. The van der Waals surface area contributed by atoms with E-state index in [1.807, 2.05) is 6.92 Å². The molecule has 1 heterocycles. The first kappa shape index (κ1) is 11.6. The fraction of sp³-hybridized carbons (Fsp3) is 0.538. The van der Waals surface area contributed by atoms with E-state index in [0.717, 1.165) is 12.0 Å². The fourth-order valence-electron chi connectivity index (χ4n) is 2.26. The molecule has 3 unspecified atom stereocenters. The highest BCUT2D eigenvalue weighted by atomic mass is 19.1. The molecule has 3 heteroatoms. The normalized spacial score (nSPS) is 27.0. The Morgan fingerprint density at radius 2 is 2.25 bits per heavy atom. The summed E-state index contributed by atoms with van der Waals surface area (Å²) in [5, 5.41) is 10.2. The molecule has 0 saturated carbocycles. The summed E-state index contributed by atoms with van der Waals surface area (Å²) in [4.78, 5) is 0. The summed E-state index contributed by atoms with van der Waals surface area (Å²) in [5.74, 6) is -0.114. The zero-order valence-electron chi connectivity index (χ0n) is 9.61. The van der Waals surface area contributed by atoms with Crippen molar-refractivity contribution in [1.82, 2.24) is 0 Å². The molecule has 1 aromatic rings. The number of rotatable bonds is 2. The lowest BCUT2D eigenvalue weighted by Crippen LogP contribution is -2.19. The van der Waals surface area contributed by atoms with Gasteiger partial charge in [0, 0.05) is 12.5 Å². The Morgan fingerprint density at radius 3 is 2.81 bits per heavy atom. The van der Waals surface area contributed by atoms with Crippen LogP contribution in [0.3, 0.4) is 0 Å². The summed E-state index contributed by atoms with van der Waals surface area (Å²) >= 11 is 0. The predicted molar refractivity (Wildman–Crippen MR) is 59.6 cm³/mol. The van der Waals surface area contributed by atoms with Crippen molar-refractivity contribution in [3.63, 3.8) is 0 Å². The molecule has 88 valence electrons. The van der Waals surface area contributed by atoms with Crippen molar-refractivity contribution in [3.05, 3.63) is 35.1 Å². The SMILES string of the molecule is Cc1cc(C(O)C2CCOC2C)ccc1F. The van der Waals surface area contributed by atoms with Gasteiger partial charge >= 0.3 is 0 Å². The van der Waals surface area contributed by atoms with E-state index in [0.29, 0.717) is 12.2 Å². The monoisotopic (exact) mass is 224 g/mol. The quantitative estimate of drug-likeness (QED) is 0.836. The van der Waals surface area contributed by atoms with Crippen LogP contribution in [-0.2, 0) is 4.74 Å². The zero-order valence-corrected chi connectivity index (χ0v) is 9.61. The second kappa shape index (κ2) is 4.52. The largest absolute Gasteiger partial charge is 0.388 e. The number of aliphatic hydroxyl groups excluding tert-OH is 1. The lowest BCUT2D eigenvalue weighted by atomic mass is 9.90. The van der Waals surface area contributed by atoms with Gasteiger partial charge in [0.15, 0.2) is 0 Å². The Kier molecular flexibility index (Phi) is 3.26. The number of benzene rings is 1. The van der Waals surface area contributed by atoms with Crippen LogP contribution < -0.4 is 0 Å². The lowest BCUT2D eigenvalue weighted by Gasteiger charge is -2.21. The summed E-state index contributed by atoms with van der Waals surface area (Å²) in [5.41, 5.74) is 1.35. The molecular formula is C13H17FO2. The van der Waals surface area contributed by atoms with Crippen molar-refractivity contribution in [2.45, 2.75) is 32.5 Å². The molecule has 16 heavy (non-hydrogen) atoms. The number of aryl methyl sites for hydroxylation is 1. The van der Waals surface area contributed by atoms with E-state index in [4.69, 9.17) is 4.74 Å². The van der Waals surface area contributed by atoms with E-state index in [-0.39, 0.29) is 17.8 Å². The minimum atomic E-state index is -0.559. The standard InChI is InChI=1S/C13H17FO2/c1-8-7-10(3-4-12(8)14)13(15)11-5-6-16-9(11)2/h3-4,7,9,11,13,15H,5-6H2,1-2H3. The number of hydrogen-bond acceptors (Lipinski definition) is 2. The summed E-state index contributed by atoms with van der Waals surface area (Å²) < 4.78 is 18.5. The Hall–Kier alpha value is -0.930. The van der Waals surface area contributed by atoms with Crippen molar-refractivity contribution >= 4 is 0 Å². The average Bonchev–Trinajstić information content (AvgIpc) is 2.67. The summed E-state index contributed by atoms with van der Waals surface area (Å²) in [6.07, 6.45) is 0.371. The molecule has 2 nitrogen and oxygen atoms in total. The van der Waals surface area contributed by atoms with Crippen LogP contribution in [0.1, 0.15) is 30.6 Å². The van der Waals surface area contributed by atoms with Crippen LogP contribution in [0.4, 0.5) is 4.39 Å². The Labute approximate surface area is 95.1 Å². The minimum Gasteiger partial charge on any atom is -0.388 e. The second-order valence-electron chi connectivity index (χ2n) is 4.48. The molecular weight excluding hydrogens is 207 g/mol. The summed E-state index contributed by atoms with van der Waals surface area (Å²) in [6, 6.07) is 4.78. The van der Waals surface area contributed by atoms with Gasteiger partial charge in [0.25, 0.3) is 0 Å². The molecule has 0 radical (unpaired) electrons. The third kappa shape index (κ3) is 2.11. The lowest BCUT2D eigenvalue weighted by molar-refractivity contribution is 0.0431. The van der Waals surface area contributed by atoms with Crippen molar-refractivity contribution in [1.29, 1.82) is 0 Å². The molecule has 0 bridgehead atoms. The maximum absolute atomic E-state index is 13.1. The smallest absolute Gasteiger partial charge is 0.126 e. The number of halogens is 1. The van der Waals surface area contributed by atoms with E-state index in [1.54, 1.807) is 19.1 Å². The molecule has 0 aromatic heterocycles. The molecule has 1 N–H and O–H groups in total. The van der Waals surface area contributed by atoms with Gasteiger partial charge in [0.05, 0.1) is 12.2 Å². The van der Waals surface area contributed by atoms with Gasteiger partial charge in [-0.25, -0.2) is 4.39 Å². The third-order valence-electron chi connectivity index (χ3n) is 3.36. The van der Waals surface area contributed by atoms with Gasteiger partial charge in [0.2, 0.25) is 0 Å². The molecule has 3 atom stereocenters. The van der Waals surface area contributed by atoms with Crippen molar-refractivity contribution in [2.75, 3.05) is 6.61 Å². The van der Waals surface area contributed by atoms with Gasteiger partial charge in [-0.15, -0.1) is 0 Å². The van der Waals surface area contributed by atoms with Crippen LogP contribution in [0.2, 0.25) is 0 Å². The van der Waals surface area contributed by atoms with Crippen molar-refractivity contribution in [3.8, 4) is 0 Å². The topological polar surface area (TPSA) is 29.5 Å². The van der Waals surface area contributed by atoms with Crippen molar-refractivity contribution in [2.24, 2.45) is 5.92 Å². The third-order valence-corrected chi connectivity index (χ3v) is 3.36. The number of hydrogen-bond donors (Lipinski definition) is 1. The van der Waals surface area contributed by atoms with E-state index in [9.17, 15) is 9.50 Å². The number of aliphatic hydroxyl groups is 1. The first-order valence-electron chi connectivity index (χ1n) is 5.65. The van der Waals surface area contributed by atoms with Crippen LogP contribution in [0.5, 0.6) is 0 Å². The van der Waals surface area contributed by atoms with Gasteiger partial charge in [-0.1, -0.05) is 12.1 Å². The molecule has 1 saturated heterocycles. The Balaban J connectivity index is 2.20. The summed E-state index contributed by atoms with van der Waals surface area (Å²) in [6.45, 7) is 4.38. The Bertz CT molecular complexity index is 378. The van der Waals surface area contributed by atoms with E-state index in [2.05, 4.69) is 0 Å². The highest BCUT2D eigenvalue weighted by Crippen LogP contribution is 2.33. The first-order chi connectivity index (χ1) is 7.59. The molecule has 0 aliphatic carbocycles. The zero-order chi connectivity index (χ0) is 11.7. The van der Waals surface area contributed by atoms with Crippen LogP contribution in [0, 0.1) is 18.7 Å². The van der Waals surface area contributed by atoms with E-state index < -0.39 is 6.10 Å². The van der Waals surface area contributed by atoms with Gasteiger partial charge in [-0.05, 0) is 37.5 Å². The number of ether oxygens (including phenoxy) is 1. The van der Waals surface area contributed by atoms with Crippen LogP contribution >= 0.6 is 0 Å². The highest BCUT2D eigenvalue weighted by Gasteiger charge is 2.31. The predicted octanol–water partition coefficient (Wildman–Crippen LogP) is 2.59. The highest BCUT2D eigenvalue weighted by molar-refractivity contribution is 5.26. The van der Waals surface area contributed by atoms with E-state index >= 15 is 0 Å². The molecule has 2 rings (SSSR count). The maximum atomic E-state index is 13.1. The molecule has 1 aliphatic heterocycles. The van der Waals surface area contributed by atoms with Crippen LogP contribution in [0.15, 0.2) is 18.2 Å². The van der Waals surface area contributed by atoms with Crippen LogP contribution in [-0.4, -0.2) is 17.8 Å². The molecule has 0 amide bonds. The van der Waals surface area contributed by atoms with Gasteiger partial charge in [0.1, 0.15) is 5.82 Å². The fourth-order valence-corrected chi connectivity index (χ4v) is 2.26. The van der Waals surface area contributed by atoms with Crippen LogP contribution in [0.25, 0.3) is 0 Å². The van der Waals surface area contributed by atoms with Gasteiger partial charge in [-0.3, -0.25) is 0 Å². The van der Waals surface area contributed by atoms with Gasteiger partial charge < -0.3 is 9.84 Å². The Morgan fingerprint density at radius 1 is 1.50 bits per heavy atom. The van der Waals surface area contributed by atoms with Gasteiger partial charge in [-0.2, -0.15) is 0 Å². The first-order valence-corrected chi connectivity index (χ1v) is 5.65.